The third-order valence-corrected chi connectivity index (χ3v) is 8.07. The molecule has 12 heteroatoms. The maximum absolute atomic E-state index is 15.3. The topological polar surface area (TPSA) is 115 Å². The molecule has 0 spiro atoms. The largest absolute Gasteiger partial charge is 0.386 e. The van der Waals surface area contributed by atoms with Crippen molar-refractivity contribution in [1.29, 1.82) is 0 Å². The van der Waals surface area contributed by atoms with Crippen LogP contribution in [0.5, 0.6) is 0 Å². The summed E-state index contributed by atoms with van der Waals surface area (Å²) in [7, 11) is -4.02. The molecule has 166 valence electrons. The third-order valence-electron chi connectivity index (χ3n) is 5.14. The number of nitrogens with zero attached hydrogens (tertiary/aromatic N) is 2. The molecule has 1 aliphatic heterocycles. The Labute approximate surface area is 181 Å². The summed E-state index contributed by atoms with van der Waals surface area (Å²) in [5.41, 5.74) is 1.89. The number of aliphatic imine (C=N–C) groups is 1. The zero-order valence-electron chi connectivity index (χ0n) is 16.6. The van der Waals surface area contributed by atoms with Crippen LogP contribution < -0.4 is 11.1 Å². The molecular formula is C19H18ClF3N4O3S. The van der Waals surface area contributed by atoms with Crippen LogP contribution >= 0.6 is 11.6 Å². The van der Waals surface area contributed by atoms with E-state index in [4.69, 9.17) is 17.3 Å². The van der Waals surface area contributed by atoms with E-state index < -0.39 is 60.5 Å². The average Bonchev–Trinajstić information content (AvgIpc) is 2.64. The minimum absolute atomic E-state index is 0.162. The predicted octanol–water partition coefficient (Wildman–Crippen LogP) is 3.18. The highest BCUT2D eigenvalue weighted by molar-refractivity contribution is 7.93. The Kier molecular flexibility index (Phi) is 5.56. The number of aromatic nitrogens is 1. The van der Waals surface area contributed by atoms with Gasteiger partial charge in [-0.2, -0.15) is 0 Å². The maximum atomic E-state index is 15.3. The van der Waals surface area contributed by atoms with Crippen LogP contribution in [0.2, 0.25) is 5.02 Å². The van der Waals surface area contributed by atoms with Crippen LogP contribution in [0.15, 0.2) is 29.4 Å². The van der Waals surface area contributed by atoms with Crippen LogP contribution in [0, 0.1) is 17.5 Å². The summed E-state index contributed by atoms with van der Waals surface area (Å²) in [6.07, 6.45) is 1.18. The molecule has 3 N–H and O–H groups in total. The number of amides is 1. The molecule has 1 aromatic carbocycles. The smallest absolute Gasteiger partial charge is 0.274 e. The predicted molar refractivity (Wildman–Crippen MR) is 110 cm³/mol. The van der Waals surface area contributed by atoms with E-state index in [2.05, 4.69) is 15.3 Å². The van der Waals surface area contributed by atoms with Crippen LogP contribution in [0.4, 0.5) is 18.9 Å². The van der Waals surface area contributed by atoms with Crippen LogP contribution in [-0.2, 0) is 15.4 Å². The summed E-state index contributed by atoms with van der Waals surface area (Å²) in [6, 6.07) is 3.06. The van der Waals surface area contributed by atoms with Gasteiger partial charge in [-0.25, -0.2) is 26.6 Å². The van der Waals surface area contributed by atoms with Gasteiger partial charge in [0.2, 0.25) is 0 Å². The Bertz CT molecular complexity index is 1220. The SMILES string of the molecule is CC1(c2c(F)c(F)cc(NC(=O)c3ccc(Cl)cn3)c2F)CS(=O)(=O)C(C)(C)C(N)=N1. The number of pyridine rings is 1. The first-order chi connectivity index (χ1) is 14.2. The monoisotopic (exact) mass is 474 g/mol. The third kappa shape index (κ3) is 3.87. The summed E-state index contributed by atoms with van der Waals surface area (Å²) in [5.74, 6) is -6.63. The molecule has 0 bridgehead atoms. The van der Waals surface area contributed by atoms with E-state index in [1.807, 2.05) is 0 Å². The number of sulfone groups is 1. The Balaban J connectivity index is 2.13. The maximum Gasteiger partial charge on any atom is 0.274 e. The molecule has 1 unspecified atom stereocenters. The molecular weight excluding hydrogens is 457 g/mol. The van der Waals surface area contributed by atoms with Gasteiger partial charge in [-0.15, -0.1) is 0 Å². The summed E-state index contributed by atoms with van der Waals surface area (Å²) >= 11 is 5.70. The molecule has 0 radical (unpaired) electrons. The Morgan fingerprint density at radius 1 is 1.19 bits per heavy atom. The minimum Gasteiger partial charge on any atom is -0.386 e. The molecule has 7 nitrogen and oxygen atoms in total. The zero-order chi connectivity index (χ0) is 23.4. The fourth-order valence-corrected chi connectivity index (χ4v) is 4.92. The van der Waals surface area contributed by atoms with Crippen molar-refractivity contribution in [1.82, 2.24) is 4.98 Å². The number of nitrogens with one attached hydrogen (secondary N) is 1. The summed E-state index contributed by atoms with van der Waals surface area (Å²) in [4.78, 5) is 20.1. The Morgan fingerprint density at radius 2 is 1.84 bits per heavy atom. The fourth-order valence-electron chi connectivity index (χ4n) is 3.13. The van der Waals surface area contributed by atoms with Gasteiger partial charge in [0.15, 0.2) is 27.3 Å². The molecule has 0 saturated heterocycles. The Hall–Kier alpha value is -2.66. The number of carbonyl (C=O) groups excluding carboxylic acids is 1. The first kappa shape index (κ1) is 23.0. The van der Waals surface area contributed by atoms with Crippen LogP contribution in [0.25, 0.3) is 0 Å². The normalized spacial score (nSPS) is 22.0. The van der Waals surface area contributed by atoms with Crippen molar-refractivity contribution in [3.8, 4) is 0 Å². The number of nitrogens with two attached hydrogens (primary N) is 1. The lowest BCUT2D eigenvalue weighted by Gasteiger charge is -2.38. The molecule has 1 aromatic heterocycles. The van der Waals surface area contributed by atoms with Gasteiger partial charge in [0, 0.05) is 12.3 Å². The van der Waals surface area contributed by atoms with Crippen LogP contribution in [0.3, 0.4) is 0 Å². The second-order valence-electron chi connectivity index (χ2n) is 7.76. The second kappa shape index (κ2) is 7.49. The molecule has 3 rings (SSSR count). The standard InChI is InChI=1S/C19H18ClF3N4O3S/c1-18(2)17(24)27-19(3,8-31(18,29)30)13-14(22)10(21)6-12(15(13)23)26-16(28)11-5-4-9(20)7-25-11/h4-7H,8H2,1-3H3,(H2,24,27)(H,26,28). The van der Waals surface area contributed by atoms with Crippen LogP contribution in [-0.4, -0.2) is 35.6 Å². The highest BCUT2D eigenvalue weighted by Crippen LogP contribution is 2.41. The van der Waals surface area contributed by atoms with E-state index >= 15 is 4.39 Å². The highest BCUT2D eigenvalue weighted by Gasteiger charge is 2.51. The van der Waals surface area contributed by atoms with Crippen molar-refractivity contribution < 1.29 is 26.4 Å². The quantitative estimate of drug-likeness (QED) is 0.663. The molecule has 0 aliphatic carbocycles. The van der Waals surface area contributed by atoms with Gasteiger partial charge >= 0.3 is 0 Å². The average molecular weight is 475 g/mol. The van der Waals surface area contributed by atoms with Gasteiger partial charge in [-0.05, 0) is 32.9 Å². The van der Waals surface area contributed by atoms with Crippen molar-refractivity contribution in [2.45, 2.75) is 31.1 Å². The number of hydrogen-bond donors (Lipinski definition) is 2. The van der Waals surface area contributed by atoms with Gasteiger partial charge in [-0.3, -0.25) is 9.79 Å². The highest BCUT2D eigenvalue weighted by atomic mass is 35.5. The molecule has 2 heterocycles. The summed E-state index contributed by atoms with van der Waals surface area (Å²) in [6.45, 7) is 3.74. The van der Waals surface area contributed by atoms with Crippen molar-refractivity contribution in [2.24, 2.45) is 10.7 Å². The zero-order valence-corrected chi connectivity index (χ0v) is 18.2. The number of rotatable bonds is 3. The molecule has 0 saturated carbocycles. The van der Waals surface area contributed by atoms with E-state index in [1.165, 1.54) is 32.2 Å². The van der Waals surface area contributed by atoms with Gasteiger partial charge < -0.3 is 11.1 Å². The van der Waals surface area contributed by atoms with Gasteiger partial charge in [0.1, 0.15) is 21.8 Å². The number of carbonyl (C=O) groups is 1. The van der Waals surface area contributed by atoms with Crippen molar-refractivity contribution >= 4 is 38.9 Å². The van der Waals surface area contributed by atoms with Gasteiger partial charge in [0.25, 0.3) is 5.91 Å². The number of benzene rings is 1. The molecule has 0 fully saturated rings. The lowest BCUT2D eigenvalue weighted by molar-refractivity contribution is 0.102. The summed E-state index contributed by atoms with van der Waals surface area (Å²) in [5, 5.41) is 2.36. The van der Waals surface area contributed by atoms with E-state index in [9.17, 15) is 22.0 Å². The fraction of sp³-hybridized carbons (Fsp3) is 0.316. The summed E-state index contributed by atoms with van der Waals surface area (Å²) < 4.78 is 68.1. The molecule has 1 amide bonds. The van der Waals surface area contributed by atoms with Gasteiger partial charge in [0.05, 0.1) is 22.0 Å². The van der Waals surface area contributed by atoms with E-state index in [-0.39, 0.29) is 16.6 Å². The van der Waals surface area contributed by atoms with Crippen molar-refractivity contribution in [3.63, 3.8) is 0 Å². The molecule has 31 heavy (non-hydrogen) atoms. The first-order valence-electron chi connectivity index (χ1n) is 8.88. The van der Waals surface area contributed by atoms with Crippen molar-refractivity contribution in [2.75, 3.05) is 11.1 Å². The lowest BCUT2D eigenvalue weighted by Crippen LogP contribution is -2.55. The second-order valence-corrected chi connectivity index (χ2v) is 10.7. The van der Waals surface area contributed by atoms with Gasteiger partial charge in [-0.1, -0.05) is 11.6 Å². The lowest BCUT2D eigenvalue weighted by atomic mass is 9.91. The minimum atomic E-state index is -4.02. The number of halogens is 4. The number of anilines is 1. The first-order valence-corrected chi connectivity index (χ1v) is 10.9. The molecule has 1 atom stereocenters. The van der Waals surface area contributed by atoms with E-state index in [1.54, 1.807) is 0 Å². The number of amidine groups is 1. The number of hydrogen-bond acceptors (Lipinski definition) is 6. The Morgan fingerprint density at radius 3 is 2.39 bits per heavy atom. The van der Waals surface area contributed by atoms with E-state index in [0.29, 0.717) is 6.07 Å². The molecule has 1 aliphatic rings. The van der Waals surface area contributed by atoms with E-state index in [0.717, 1.165) is 6.92 Å². The van der Waals surface area contributed by atoms with Crippen molar-refractivity contribution in [3.05, 3.63) is 58.1 Å². The van der Waals surface area contributed by atoms with Crippen LogP contribution in [0.1, 0.15) is 36.8 Å². The molecule has 2 aromatic rings.